The minimum atomic E-state index is -0.234. The largest absolute Gasteiger partial charge is 0.492 e. The highest BCUT2D eigenvalue weighted by Crippen LogP contribution is 2.27. The lowest BCUT2D eigenvalue weighted by molar-refractivity contribution is 0.0998. The van der Waals surface area contributed by atoms with Crippen molar-refractivity contribution in [3.63, 3.8) is 0 Å². The number of hydrogen-bond donors (Lipinski definition) is 0. The first-order valence-corrected chi connectivity index (χ1v) is 9.48. The van der Waals surface area contributed by atoms with E-state index in [-0.39, 0.29) is 5.91 Å². The Balaban J connectivity index is 2.06. The van der Waals surface area contributed by atoms with E-state index < -0.39 is 0 Å². The maximum absolute atomic E-state index is 12.6. The number of carbonyl (C=O) groups excluding carboxylic acids is 1. The first-order chi connectivity index (χ1) is 12.5. The lowest BCUT2D eigenvalue weighted by Crippen LogP contribution is -2.16. The topological polar surface area (TPSA) is 46.8 Å². The third-order valence-corrected chi connectivity index (χ3v) is 5.15. The van der Waals surface area contributed by atoms with Gasteiger partial charge in [0.25, 0.3) is 5.91 Å². The van der Waals surface area contributed by atoms with Crippen LogP contribution in [0.3, 0.4) is 0 Å². The molecule has 0 bridgehead atoms. The fraction of sp³-hybridized carbons (Fsp3) is 0.300. The van der Waals surface area contributed by atoms with Crippen molar-refractivity contribution in [2.45, 2.75) is 20.4 Å². The van der Waals surface area contributed by atoms with Gasteiger partial charge in [-0.3, -0.25) is 4.79 Å². The van der Waals surface area contributed by atoms with Crippen LogP contribution in [0.25, 0.3) is 10.2 Å². The summed E-state index contributed by atoms with van der Waals surface area (Å²) >= 11 is 1.51. The first-order valence-electron chi connectivity index (χ1n) is 8.66. The molecule has 2 aromatic carbocycles. The van der Waals surface area contributed by atoms with Gasteiger partial charge in [0, 0.05) is 31.9 Å². The predicted molar refractivity (Wildman–Crippen MR) is 107 cm³/mol. The van der Waals surface area contributed by atoms with Crippen molar-refractivity contribution in [3.05, 3.63) is 52.8 Å². The molecular formula is C20H23N3O2S. The smallest absolute Gasteiger partial charge is 0.279 e. The molecule has 1 amide bonds. The number of aromatic nitrogens is 1. The highest BCUT2D eigenvalue weighted by atomic mass is 32.1. The number of rotatable bonds is 5. The fourth-order valence-corrected chi connectivity index (χ4v) is 3.91. The van der Waals surface area contributed by atoms with Gasteiger partial charge in [0.15, 0.2) is 4.80 Å². The Kier molecular flexibility index (Phi) is 5.42. The van der Waals surface area contributed by atoms with Crippen LogP contribution in [-0.2, 0) is 6.54 Å². The monoisotopic (exact) mass is 369 g/mol. The maximum atomic E-state index is 12.6. The Morgan fingerprint density at radius 3 is 2.50 bits per heavy atom. The van der Waals surface area contributed by atoms with Gasteiger partial charge < -0.3 is 14.2 Å². The van der Waals surface area contributed by atoms with Crippen molar-refractivity contribution < 1.29 is 9.53 Å². The highest BCUT2D eigenvalue weighted by Gasteiger charge is 2.12. The molecule has 26 heavy (non-hydrogen) atoms. The van der Waals surface area contributed by atoms with Crippen molar-refractivity contribution in [2.24, 2.45) is 4.99 Å². The molecule has 0 saturated carbocycles. The van der Waals surface area contributed by atoms with Gasteiger partial charge in [-0.05, 0) is 50.2 Å². The summed E-state index contributed by atoms with van der Waals surface area (Å²) in [6.07, 6.45) is 0. The average molecular weight is 369 g/mol. The molecule has 0 aliphatic heterocycles. The molecule has 136 valence electrons. The molecule has 0 unspecified atom stereocenters. The molecule has 0 N–H and O–H groups in total. The van der Waals surface area contributed by atoms with Gasteiger partial charge in [0.05, 0.1) is 11.3 Å². The zero-order valence-corrected chi connectivity index (χ0v) is 16.3. The lowest BCUT2D eigenvalue weighted by atomic mass is 10.2. The molecule has 5 nitrogen and oxygen atoms in total. The number of ether oxygens (including phenoxy) is 1. The van der Waals surface area contributed by atoms with Crippen LogP contribution in [0.5, 0.6) is 5.75 Å². The van der Waals surface area contributed by atoms with E-state index >= 15 is 0 Å². The van der Waals surface area contributed by atoms with Crippen LogP contribution in [0.2, 0.25) is 0 Å². The van der Waals surface area contributed by atoms with Crippen molar-refractivity contribution in [2.75, 3.05) is 25.6 Å². The van der Waals surface area contributed by atoms with Crippen molar-refractivity contribution >= 4 is 33.1 Å². The van der Waals surface area contributed by atoms with E-state index in [2.05, 4.69) is 4.99 Å². The fourth-order valence-electron chi connectivity index (χ4n) is 2.80. The third kappa shape index (κ3) is 3.51. The van der Waals surface area contributed by atoms with Gasteiger partial charge in [-0.1, -0.05) is 17.4 Å². The molecule has 0 aliphatic carbocycles. The molecule has 0 saturated heterocycles. The van der Waals surface area contributed by atoms with Crippen molar-refractivity contribution in [3.8, 4) is 5.75 Å². The number of fused-ring (bicyclic) bond motifs is 1. The normalized spacial score (nSPS) is 11.8. The maximum Gasteiger partial charge on any atom is 0.279 e. The second kappa shape index (κ2) is 7.74. The summed E-state index contributed by atoms with van der Waals surface area (Å²) in [6.45, 7) is 5.33. The minimum Gasteiger partial charge on any atom is -0.492 e. The third-order valence-electron chi connectivity index (χ3n) is 4.11. The quantitative estimate of drug-likeness (QED) is 0.685. The number of para-hydroxylation sites is 1. The molecule has 0 radical (unpaired) electrons. The van der Waals surface area contributed by atoms with Gasteiger partial charge in [-0.25, -0.2) is 0 Å². The second-order valence-electron chi connectivity index (χ2n) is 6.02. The molecule has 0 fully saturated rings. The number of amides is 1. The summed E-state index contributed by atoms with van der Waals surface area (Å²) in [5.74, 6) is 0.592. The van der Waals surface area contributed by atoms with E-state index in [0.717, 1.165) is 28.2 Å². The molecule has 0 atom stereocenters. The Hall–Kier alpha value is -2.60. The van der Waals surface area contributed by atoms with Gasteiger partial charge in [0.1, 0.15) is 11.3 Å². The van der Waals surface area contributed by atoms with Crippen LogP contribution in [0.1, 0.15) is 24.2 Å². The van der Waals surface area contributed by atoms with Crippen LogP contribution in [0.4, 0.5) is 5.69 Å². The Labute approximate surface area is 157 Å². The zero-order valence-electron chi connectivity index (χ0n) is 15.5. The number of benzene rings is 2. The Morgan fingerprint density at radius 1 is 1.15 bits per heavy atom. The number of anilines is 1. The van der Waals surface area contributed by atoms with Gasteiger partial charge in [-0.15, -0.1) is 0 Å². The number of nitrogens with zero attached hydrogens (tertiary/aromatic N) is 3. The van der Waals surface area contributed by atoms with Gasteiger partial charge in [0.2, 0.25) is 0 Å². The molecular weight excluding hydrogens is 346 g/mol. The Bertz CT molecular complexity index is 984. The highest BCUT2D eigenvalue weighted by molar-refractivity contribution is 7.16. The molecule has 0 spiro atoms. The SMILES string of the molecule is CCOc1cccc2sc(=NC(=O)c3ccc(N(C)C)cc3)n(CC)c12. The summed E-state index contributed by atoms with van der Waals surface area (Å²) in [4.78, 5) is 19.7. The zero-order chi connectivity index (χ0) is 18.7. The van der Waals surface area contributed by atoms with Crippen molar-refractivity contribution in [1.82, 2.24) is 4.57 Å². The summed E-state index contributed by atoms with van der Waals surface area (Å²) < 4.78 is 8.86. The van der Waals surface area contributed by atoms with E-state index in [1.165, 1.54) is 11.3 Å². The predicted octanol–water partition coefficient (Wildman–Crippen LogP) is 3.93. The van der Waals surface area contributed by atoms with E-state index in [1.807, 2.05) is 79.9 Å². The number of carbonyl (C=O) groups is 1. The summed E-state index contributed by atoms with van der Waals surface area (Å²) in [7, 11) is 3.94. The number of thiazole rings is 1. The van der Waals surface area contributed by atoms with Crippen LogP contribution in [0.15, 0.2) is 47.5 Å². The second-order valence-corrected chi connectivity index (χ2v) is 7.03. The number of aryl methyl sites for hydroxylation is 1. The van der Waals surface area contributed by atoms with Gasteiger partial charge >= 0.3 is 0 Å². The molecule has 6 heteroatoms. The molecule has 0 aliphatic rings. The minimum absolute atomic E-state index is 0.234. The summed E-state index contributed by atoms with van der Waals surface area (Å²) in [6, 6.07) is 13.4. The molecule has 1 aromatic heterocycles. The van der Waals surface area contributed by atoms with Crippen LogP contribution in [0, 0.1) is 0 Å². The molecule has 3 rings (SSSR count). The van der Waals surface area contributed by atoms with E-state index in [4.69, 9.17) is 4.74 Å². The Morgan fingerprint density at radius 2 is 1.88 bits per heavy atom. The molecule has 3 aromatic rings. The summed E-state index contributed by atoms with van der Waals surface area (Å²) in [5, 5.41) is 0. The molecule has 1 heterocycles. The van der Waals surface area contributed by atoms with E-state index in [1.54, 1.807) is 0 Å². The first kappa shape index (κ1) is 18.2. The van der Waals surface area contributed by atoms with Crippen LogP contribution < -0.4 is 14.4 Å². The van der Waals surface area contributed by atoms with Gasteiger partial charge in [-0.2, -0.15) is 4.99 Å². The van der Waals surface area contributed by atoms with Crippen LogP contribution in [-0.4, -0.2) is 31.2 Å². The number of hydrogen-bond acceptors (Lipinski definition) is 4. The van der Waals surface area contributed by atoms with Crippen LogP contribution >= 0.6 is 11.3 Å². The van der Waals surface area contributed by atoms with E-state index in [0.29, 0.717) is 17.0 Å². The van der Waals surface area contributed by atoms with E-state index in [9.17, 15) is 4.79 Å². The lowest BCUT2D eigenvalue weighted by Gasteiger charge is -2.11. The summed E-state index contributed by atoms with van der Waals surface area (Å²) in [5.41, 5.74) is 2.63. The van der Waals surface area contributed by atoms with Crippen molar-refractivity contribution in [1.29, 1.82) is 0 Å². The average Bonchev–Trinajstić information content (AvgIpc) is 3.00. The standard InChI is InChI=1S/C20H23N3O2S/c1-5-23-18-16(25-6-2)8-7-9-17(18)26-20(23)21-19(24)14-10-12-15(13-11-14)22(3)4/h7-13H,5-6H2,1-4H3.